The summed E-state index contributed by atoms with van der Waals surface area (Å²) >= 11 is 0. The minimum absolute atomic E-state index is 0.256. The first-order valence-electron chi connectivity index (χ1n) is 7.56. The van der Waals surface area contributed by atoms with E-state index in [9.17, 15) is 0 Å². The van der Waals surface area contributed by atoms with E-state index < -0.39 is 0 Å². The molecule has 3 atom stereocenters. The summed E-state index contributed by atoms with van der Waals surface area (Å²) in [5.41, 5.74) is 0. The van der Waals surface area contributed by atoms with Gasteiger partial charge in [0.2, 0.25) is 0 Å². The lowest BCUT2D eigenvalue weighted by Crippen LogP contribution is -2.38. The van der Waals surface area contributed by atoms with Gasteiger partial charge in [0.15, 0.2) is 0 Å². The van der Waals surface area contributed by atoms with Gasteiger partial charge >= 0.3 is 0 Å². The highest BCUT2D eigenvalue weighted by atomic mass is 28.1. The molecule has 3 unspecified atom stereocenters. The Morgan fingerprint density at radius 1 is 1.06 bits per heavy atom. The first-order valence-corrected chi connectivity index (χ1v) is 8.56. The minimum atomic E-state index is 0.256. The van der Waals surface area contributed by atoms with Crippen LogP contribution in [-0.4, -0.2) is 34.3 Å². The highest BCUT2D eigenvalue weighted by Gasteiger charge is 2.48. The van der Waals surface area contributed by atoms with E-state index in [0.717, 1.165) is 12.5 Å². The van der Waals surface area contributed by atoms with Crippen molar-refractivity contribution in [1.82, 2.24) is 0 Å². The second-order valence-electron chi connectivity index (χ2n) is 6.50. The van der Waals surface area contributed by atoms with Gasteiger partial charge in [-0.3, -0.25) is 0 Å². The van der Waals surface area contributed by atoms with E-state index in [2.05, 4.69) is 0 Å². The van der Waals surface area contributed by atoms with Gasteiger partial charge in [-0.2, -0.15) is 0 Å². The largest absolute Gasteiger partial charge is 0.379 e. The van der Waals surface area contributed by atoms with Crippen LogP contribution in [0.25, 0.3) is 0 Å². The second kappa shape index (κ2) is 5.02. The second-order valence-corrected chi connectivity index (χ2v) is 8.32. The zero-order valence-electron chi connectivity index (χ0n) is 11.1. The van der Waals surface area contributed by atoms with Crippen LogP contribution in [0, 0.1) is 5.92 Å². The lowest BCUT2D eigenvalue weighted by Gasteiger charge is -2.34. The van der Waals surface area contributed by atoms with Crippen molar-refractivity contribution in [3.63, 3.8) is 0 Å². The van der Waals surface area contributed by atoms with Crippen LogP contribution in [-0.2, 0) is 9.47 Å². The lowest BCUT2D eigenvalue weighted by atomic mass is 9.85. The highest BCUT2D eigenvalue weighted by Crippen LogP contribution is 2.42. The summed E-state index contributed by atoms with van der Waals surface area (Å²) in [6.07, 6.45) is 13.4. The molecule has 0 bridgehead atoms. The molecule has 3 rings (SSSR count). The Kier molecular flexibility index (Phi) is 3.60. The summed E-state index contributed by atoms with van der Waals surface area (Å²) in [5, 5.41) is 0.256. The van der Waals surface area contributed by atoms with E-state index in [4.69, 9.17) is 9.47 Å². The van der Waals surface area contributed by atoms with Gasteiger partial charge in [0.05, 0.1) is 17.4 Å². The van der Waals surface area contributed by atoms with Crippen LogP contribution in [0.1, 0.15) is 57.8 Å². The van der Waals surface area contributed by atoms with E-state index in [1.807, 2.05) is 0 Å². The van der Waals surface area contributed by atoms with Gasteiger partial charge in [-0.1, -0.05) is 19.3 Å². The molecule has 2 saturated heterocycles. The molecule has 3 fully saturated rings. The number of hydrogen-bond donors (Lipinski definition) is 0. The molecule has 98 valence electrons. The number of ether oxygens (including phenoxy) is 2. The Balaban J connectivity index is 1.47. The van der Waals surface area contributed by atoms with E-state index >= 15 is 0 Å². The van der Waals surface area contributed by atoms with Gasteiger partial charge in [0.25, 0.3) is 0 Å². The topological polar surface area (TPSA) is 21.8 Å². The van der Waals surface area contributed by atoms with Crippen molar-refractivity contribution < 1.29 is 9.47 Å². The fourth-order valence-corrected chi connectivity index (χ4v) is 4.74. The molecular weight excluding hydrogens is 228 g/mol. The van der Waals surface area contributed by atoms with E-state index in [1.54, 1.807) is 0 Å². The molecule has 1 aliphatic carbocycles. The molecular formula is C14H26O2Si. The minimum Gasteiger partial charge on any atom is -0.379 e. The molecule has 3 heteroatoms. The molecule has 2 aliphatic heterocycles. The quantitative estimate of drug-likeness (QED) is 0.567. The van der Waals surface area contributed by atoms with E-state index in [-0.39, 0.29) is 5.22 Å². The van der Waals surface area contributed by atoms with Crippen molar-refractivity contribution in [1.29, 1.82) is 0 Å². The monoisotopic (exact) mass is 254 g/mol. The smallest absolute Gasteiger partial charge is 0.0870 e. The van der Waals surface area contributed by atoms with Crippen molar-refractivity contribution in [3.05, 3.63) is 0 Å². The van der Waals surface area contributed by atoms with Crippen LogP contribution in [0.3, 0.4) is 0 Å². The van der Waals surface area contributed by atoms with Gasteiger partial charge in [-0.25, -0.2) is 0 Å². The van der Waals surface area contributed by atoms with Crippen molar-refractivity contribution >= 4 is 10.2 Å². The fourth-order valence-electron chi connectivity index (χ4n) is 3.78. The van der Waals surface area contributed by atoms with Gasteiger partial charge in [-0.15, -0.1) is 0 Å². The fraction of sp³-hybridized carbons (Fsp3) is 1.00. The third-order valence-corrected chi connectivity index (χ3v) is 6.12. The van der Waals surface area contributed by atoms with Gasteiger partial charge in [0, 0.05) is 23.3 Å². The van der Waals surface area contributed by atoms with E-state index in [0.29, 0.717) is 12.2 Å². The molecule has 0 radical (unpaired) electrons. The predicted molar refractivity (Wildman–Crippen MR) is 72.3 cm³/mol. The molecule has 0 aromatic rings. The summed E-state index contributed by atoms with van der Waals surface area (Å²) < 4.78 is 12.0. The summed E-state index contributed by atoms with van der Waals surface area (Å²) in [6, 6.07) is 0. The molecule has 0 aromatic heterocycles. The Hall–Kier alpha value is 0.137. The van der Waals surface area contributed by atoms with E-state index in [1.165, 1.54) is 68.0 Å². The SMILES string of the molecule is [SiH3]C1(CC2OC2C2CCCCC2)CCCCO1. The average Bonchev–Trinajstić information content (AvgIpc) is 3.10. The van der Waals surface area contributed by atoms with Crippen molar-refractivity contribution in [2.24, 2.45) is 5.92 Å². The van der Waals surface area contributed by atoms with Crippen LogP contribution in [0.15, 0.2) is 0 Å². The lowest BCUT2D eigenvalue weighted by molar-refractivity contribution is -0.0264. The maximum atomic E-state index is 6.03. The number of epoxide rings is 1. The Labute approximate surface area is 108 Å². The van der Waals surface area contributed by atoms with Crippen LogP contribution in [0.2, 0.25) is 0 Å². The molecule has 0 aromatic carbocycles. The molecule has 0 spiro atoms. The normalized spacial score (nSPS) is 43.8. The Bertz CT molecular complexity index is 257. The first kappa shape index (κ1) is 12.2. The number of rotatable bonds is 3. The molecule has 1 saturated carbocycles. The molecule has 17 heavy (non-hydrogen) atoms. The van der Waals surface area contributed by atoms with Crippen molar-refractivity contribution in [2.75, 3.05) is 6.61 Å². The zero-order valence-corrected chi connectivity index (χ0v) is 13.1. The summed E-state index contributed by atoms with van der Waals surface area (Å²) in [5.74, 6) is 0.877. The maximum Gasteiger partial charge on any atom is 0.0870 e. The molecule has 2 heterocycles. The number of hydrogen-bond acceptors (Lipinski definition) is 2. The molecule has 0 amide bonds. The van der Waals surface area contributed by atoms with Crippen LogP contribution in [0.5, 0.6) is 0 Å². The summed E-state index contributed by atoms with van der Waals surface area (Å²) in [4.78, 5) is 0. The Morgan fingerprint density at radius 2 is 1.88 bits per heavy atom. The third kappa shape index (κ3) is 2.94. The predicted octanol–water partition coefficient (Wildman–Crippen LogP) is 1.99. The standard InChI is InChI=1S/C14H26O2Si/c17-14(8-4-5-9-15-14)10-12-13(16-12)11-6-2-1-3-7-11/h11-13H,1-10H2,17H3. The molecule has 0 N–H and O–H groups in total. The summed E-state index contributed by atoms with van der Waals surface area (Å²) in [6.45, 7) is 0.990. The molecule has 3 aliphatic rings. The first-order chi connectivity index (χ1) is 8.27. The van der Waals surface area contributed by atoms with Gasteiger partial charge in [-0.05, 0) is 38.0 Å². The van der Waals surface area contributed by atoms with Crippen LogP contribution in [0.4, 0.5) is 0 Å². The van der Waals surface area contributed by atoms with Crippen molar-refractivity contribution in [2.45, 2.75) is 75.2 Å². The Morgan fingerprint density at radius 3 is 2.59 bits per heavy atom. The average molecular weight is 254 g/mol. The van der Waals surface area contributed by atoms with Crippen molar-refractivity contribution in [3.8, 4) is 0 Å². The summed E-state index contributed by atoms with van der Waals surface area (Å²) in [7, 11) is 1.17. The zero-order chi connectivity index (χ0) is 11.7. The highest BCUT2D eigenvalue weighted by molar-refractivity contribution is 6.14. The van der Waals surface area contributed by atoms with Gasteiger partial charge < -0.3 is 9.47 Å². The molecule has 2 nitrogen and oxygen atoms in total. The van der Waals surface area contributed by atoms with Gasteiger partial charge in [0.1, 0.15) is 0 Å². The third-order valence-electron chi connectivity index (χ3n) is 4.92. The maximum absolute atomic E-state index is 6.03. The van der Waals surface area contributed by atoms with Crippen LogP contribution < -0.4 is 0 Å². The van der Waals surface area contributed by atoms with Crippen LogP contribution >= 0.6 is 0 Å².